The first-order chi connectivity index (χ1) is 12.9. The summed E-state index contributed by atoms with van der Waals surface area (Å²) in [4.78, 5) is 12.2. The van der Waals surface area contributed by atoms with Gasteiger partial charge in [-0.25, -0.2) is 17.2 Å². The molecule has 27 heavy (non-hydrogen) atoms. The van der Waals surface area contributed by atoms with Crippen LogP contribution in [0.15, 0.2) is 53.4 Å². The van der Waals surface area contributed by atoms with Gasteiger partial charge >= 0.3 is 5.97 Å². The lowest BCUT2D eigenvalue weighted by atomic mass is 9.98. The summed E-state index contributed by atoms with van der Waals surface area (Å²) < 4.78 is 58.2. The van der Waals surface area contributed by atoms with Crippen molar-refractivity contribution in [1.82, 2.24) is 4.31 Å². The van der Waals surface area contributed by atoms with Crippen molar-refractivity contribution in [2.75, 3.05) is 13.1 Å². The predicted octanol–water partition coefficient (Wildman–Crippen LogP) is 3.11. The van der Waals surface area contributed by atoms with Crippen LogP contribution in [0.25, 0.3) is 0 Å². The number of hydrogen-bond donors (Lipinski definition) is 0. The number of sulfonamides is 1. The fourth-order valence-corrected chi connectivity index (χ4v) is 4.44. The number of nitrogens with zero attached hydrogens (tertiary/aromatic N) is 1. The van der Waals surface area contributed by atoms with Gasteiger partial charge in [0.05, 0.1) is 10.8 Å². The molecule has 3 rings (SSSR count). The second-order valence-electron chi connectivity index (χ2n) is 6.33. The maximum atomic E-state index is 13.6. The Bertz CT molecular complexity index is 908. The molecule has 1 aliphatic rings. The molecule has 5 nitrogen and oxygen atoms in total. The first-order valence-electron chi connectivity index (χ1n) is 8.53. The zero-order chi connectivity index (χ0) is 19.4. The summed E-state index contributed by atoms with van der Waals surface area (Å²) in [6, 6.07) is 10.7. The number of halogens is 2. The molecular weight excluding hydrogens is 376 g/mol. The molecule has 1 fully saturated rings. The highest BCUT2D eigenvalue weighted by molar-refractivity contribution is 7.89. The standard InChI is InChI=1S/C19H19F2NO4S/c20-16-5-7-17(8-6-16)27(24,25)22-11-9-14(10-12-22)19(23)26-13-15-3-1-2-4-18(15)21/h1-8,14H,9-13H2. The second kappa shape index (κ2) is 8.14. The van der Waals surface area contributed by atoms with Crippen LogP contribution in [0, 0.1) is 17.6 Å². The van der Waals surface area contributed by atoms with E-state index >= 15 is 0 Å². The summed E-state index contributed by atoms with van der Waals surface area (Å²) in [7, 11) is -3.72. The largest absolute Gasteiger partial charge is 0.460 e. The van der Waals surface area contributed by atoms with Gasteiger partial charge in [-0.05, 0) is 43.2 Å². The predicted molar refractivity (Wildman–Crippen MR) is 94.1 cm³/mol. The number of hydrogen-bond acceptors (Lipinski definition) is 4. The topological polar surface area (TPSA) is 63.7 Å². The summed E-state index contributed by atoms with van der Waals surface area (Å²) >= 11 is 0. The van der Waals surface area contributed by atoms with Gasteiger partial charge in [-0.3, -0.25) is 4.79 Å². The third-order valence-corrected chi connectivity index (χ3v) is 6.48. The van der Waals surface area contributed by atoms with Crippen LogP contribution in [0.1, 0.15) is 18.4 Å². The minimum absolute atomic E-state index is 0.0180. The van der Waals surface area contributed by atoms with E-state index in [9.17, 15) is 22.0 Å². The molecule has 0 saturated carbocycles. The lowest BCUT2D eigenvalue weighted by molar-refractivity contribution is -0.151. The van der Waals surface area contributed by atoms with Crippen molar-refractivity contribution in [1.29, 1.82) is 0 Å². The molecule has 0 spiro atoms. The molecule has 0 aliphatic carbocycles. The zero-order valence-electron chi connectivity index (χ0n) is 14.5. The van der Waals surface area contributed by atoms with Crippen LogP contribution in [-0.2, 0) is 26.2 Å². The zero-order valence-corrected chi connectivity index (χ0v) is 15.3. The molecule has 1 heterocycles. The molecule has 8 heteroatoms. The third kappa shape index (κ3) is 4.51. The van der Waals surface area contributed by atoms with Crippen LogP contribution < -0.4 is 0 Å². The summed E-state index contributed by atoms with van der Waals surface area (Å²) in [5, 5.41) is 0. The van der Waals surface area contributed by atoms with Gasteiger partial charge in [0.15, 0.2) is 0 Å². The molecule has 0 atom stereocenters. The Morgan fingerprint density at radius 2 is 1.67 bits per heavy atom. The molecule has 2 aromatic carbocycles. The molecule has 2 aromatic rings. The molecule has 0 aromatic heterocycles. The lowest BCUT2D eigenvalue weighted by Crippen LogP contribution is -2.40. The summed E-state index contributed by atoms with van der Waals surface area (Å²) in [6.07, 6.45) is 0.632. The van der Waals surface area contributed by atoms with Gasteiger partial charge < -0.3 is 4.74 Å². The Balaban J connectivity index is 1.56. The van der Waals surface area contributed by atoms with Gasteiger partial charge in [0, 0.05) is 18.7 Å². The first-order valence-corrected chi connectivity index (χ1v) is 9.97. The van der Waals surface area contributed by atoms with E-state index in [1.165, 1.54) is 22.5 Å². The quantitative estimate of drug-likeness (QED) is 0.730. The number of carbonyl (C=O) groups excluding carboxylic acids is 1. The van der Waals surface area contributed by atoms with E-state index in [-0.39, 0.29) is 24.6 Å². The minimum Gasteiger partial charge on any atom is -0.460 e. The van der Waals surface area contributed by atoms with Crippen molar-refractivity contribution in [2.45, 2.75) is 24.3 Å². The summed E-state index contributed by atoms with van der Waals surface area (Å²) in [5.74, 6) is -1.84. The van der Waals surface area contributed by atoms with E-state index in [0.29, 0.717) is 18.4 Å². The van der Waals surface area contributed by atoms with Crippen LogP contribution in [0.3, 0.4) is 0 Å². The Hall–Kier alpha value is -2.32. The minimum atomic E-state index is -3.72. The van der Waals surface area contributed by atoms with Gasteiger partial charge in [0.1, 0.15) is 18.2 Å². The number of benzene rings is 2. The van der Waals surface area contributed by atoms with E-state index in [1.54, 1.807) is 18.2 Å². The highest BCUT2D eigenvalue weighted by Gasteiger charge is 2.32. The van der Waals surface area contributed by atoms with Crippen molar-refractivity contribution < 1.29 is 26.7 Å². The van der Waals surface area contributed by atoms with E-state index in [2.05, 4.69) is 0 Å². The van der Waals surface area contributed by atoms with Gasteiger partial charge in [-0.2, -0.15) is 4.31 Å². The van der Waals surface area contributed by atoms with Gasteiger partial charge in [0.2, 0.25) is 10.0 Å². The van der Waals surface area contributed by atoms with Crippen molar-refractivity contribution in [2.24, 2.45) is 5.92 Å². The van der Waals surface area contributed by atoms with Gasteiger partial charge in [-0.15, -0.1) is 0 Å². The van der Waals surface area contributed by atoms with Crippen LogP contribution in [-0.4, -0.2) is 31.8 Å². The van der Waals surface area contributed by atoms with Crippen LogP contribution in [0.2, 0.25) is 0 Å². The highest BCUT2D eigenvalue weighted by Crippen LogP contribution is 2.25. The third-order valence-electron chi connectivity index (χ3n) is 4.57. The van der Waals surface area contributed by atoms with Crippen molar-refractivity contribution >= 4 is 16.0 Å². The lowest BCUT2D eigenvalue weighted by Gasteiger charge is -2.30. The summed E-state index contributed by atoms with van der Waals surface area (Å²) in [5.41, 5.74) is 0.294. The van der Waals surface area contributed by atoms with E-state index in [0.717, 1.165) is 12.1 Å². The van der Waals surface area contributed by atoms with Crippen molar-refractivity contribution in [3.8, 4) is 0 Å². The maximum Gasteiger partial charge on any atom is 0.309 e. The number of carbonyl (C=O) groups is 1. The first kappa shape index (κ1) is 19.4. The molecule has 0 N–H and O–H groups in total. The Kier molecular flexibility index (Phi) is 5.86. The summed E-state index contributed by atoms with van der Waals surface area (Å²) in [6.45, 7) is 0.179. The fourth-order valence-electron chi connectivity index (χ4n) is 2.97. The normalized spacial score (nSPS) is 16.2. The van der Waals surface area contributed by atoms with Crippen molar-refractivity contribution in [3.05, 3.63) is 65.7 Å². The monoisotopic (exact) mass is 395 g/mol. The van der Waals surface area contributed by atoms with E-state index in [1.807, 2.05) is 0 Å². The SMILES string of the molecule is O=C(OCc1ccccc1F)C1CCN(S(=O)(=O)c2ccc(F)cc2)CC1. The average molecular weight is 395 g/mol. The molecular formula is C19H19F2NO4S. The fraction of sp³-hybridized carbons (Fsp3) is 0.316. The Morgan fingerprint density at radius 1 is 1.04 bits per heavy atom. The van der Waals surface area contributed by atoms with Gasteiger partial charge in [0.25, 0.3) is 0 Å². The van der Waals surface area contributed by atoms with Crippen LogP contribution >= 0.6 is 0 Å². The number of ether oxygens (including phenoxy) is 1. The van der Waals surface area contributed by atoms with Gasteiger partial charge in [-0.1, -0.05) is 18.2 Å². The molecule has 0 radical (unpaired) electrons. The second-order valence-corrected chi connectivity index (χ2v) is 8.27. The smallest absolute Gasteiger partial charge is 0.309 e. The number of esters is 1. The average Bonchev–Trinajstić information content (AvgIpc) is 2.67. The Morgan fingerprint density at radius 3 is 2.30 bits per heavy atom. The van der Waals surface area contributed by atoms with E-state index < -0.39 is 33.5 Å². The maximum absolute atomic E-state index is 13.6. The number of piperidine rings is 1. The molecule has 0 bridgehead atoms. The molecule has 0 unspecified atom stereocenters. The van der Waals surface area contributed by atoms with Crippen LogP contribution in [0.4, 0.5) is 8.78 Å². The highest BCUT2D eigenvalue weighted by atomic mass is 32.2. The molecule has 1 aliphatic heterocycles. The number of rotatable bonds is 5. The van der Waals surface area contributed by atoms with E-state index in [4.69, 9.17) is 4.74 Å². The van der Waals surface area contributed by atoms with Crippen molar-refractivity contribution in [3.63, 3.8) is 0 Å². The molecule has 1 saturated heterocycles. The Labute approximate surface area is 156 Å². The molecule has 0 amide bonds. The van der Waals surface area contributed by atoms with Crippen LogP contribution in [0.5, 0.6) is 0 Å². The molecule has 144 valence electrons.